The van der Waals surface area contributed by atoms with Gasteiger partial charge in [0, 0.05) is 11.6 Å². The highest BCUT2D eigenvalue weighted by Crippen LogP contribution is 2.23. The Labute approximate surface area is 151 Å². The molecule has 0 atom stereocenters. The number of benzene rings is 2. The van der Waals surface area contributed by atoms with E-state index in [1.54, 1.807) is 12.1 Å². The molecular formula is C17H18ClFN2O3S. The van der Waals surface area contributed by atoms with Crippen molar-refractivity contribution < 1.29 is 17.6 Å². The second-order valence-electron chi connectivity index (χ2n) is 5.30. The van der Waals surface area contributed by atoms with Gasteiger partial charge in [0.2, 0.25) is 0 Å². The number of sulfone groups is 1. The largest absolute Gasteiger partial charge is 0.338 e. The molecule has 0 fully saturated rings. The van der Waals surface area contributed by atoms with Crippen LogP contribution in [0.4, 0.5) is 14.9 Å². The number of halogens is 2. The maximum Gasteiger partial charge on any atom is 0.319 e. The standard InChI is InChI=1S/C17H18ClFN2O3S/c1-2-25(23,24)16-11-14(19)6-7-15(16)21-17(22)20-9-8-12-4-3-5-13(18)10-12/h3-7,10-11H,2,8-9H2,1H3,(H2,20,21,22). The Morgan fingerprint density at radius 1 is 1.20 bits per heavy atom. The van der Waals surface area contributed by atoms with Crippen LogP contribution in [0.3, 0.4) is 0 Å². The van der Waals surface area contributed by atoms with Crippen LogP contribution in [0, 0.1) is 5.82 Å². The van der Waals surface area contributed by atoms with E-state index in [2.05, 4.69) is 10.6 Å². The van der Waals surface area contributed by atoms with Crippen LogP contribution in [0.15, 0.2) is 47.4 Å². The molecule has 0 unspecified atom stereocenters. The lowest BCUT2D eigenvalue weighted by atomic mass is 10.1. The first-order valence-electron chi connectivity index (χ1n) is 7.63. The van der Waals surface area contributed by atoms with Crippen LogP contribution < -0.4 is 10.6 Å². The monoisotopic (exact) mass is 384 g/mol. The number of rotatable bonds is 6. The molecule has 134 valence electrons. The Balaban J connectivity index is 2.01. The summed E-state index contributed by atoms with van der Waals surface area (Å²) in [6.45, 7) is 1.79. The summed E-state index contributed by atoms with van der Waals surface area (Å²) in [4.78, 5) is 11.7. The number of carbonyl (C=O) groups is 1. The number of anilines is 1. The van der Waals surface area contributed by atoms with Crippen LogP contribution in [0.2, 0.25) is 5.02 Å². The molecule has 8 heteroatoms. The van der Waals surface area contributed by atoms with Crippen molar-refractivity contribution in [2.75, 3.05) is 17.6 Å². The number of hydrogen-bond donors (Lipinski definition) is 2. The van der Waals surface area contributed by atoms with Crippen molar-refractivity contribution in [3.63, 3.8) is 0 Å². The van der Waals surface area contributed by atoms with Crippen molar-refractivity contribution in [1.29, 1.82) is 0 Å². The molecule has 0 bridgehead atoms. The van der Waals surface area contributed by atoms with Gasteiger partial charge in [0.25, 0.3) is 0 Å². The predicted octanol–water partition coefficient (Wildman–Crippen LogP) is 3.64. The Hall–Kier alpha value is -2.12. The van der Waals surface area contributed by atoms with Gasteiger partial charge in [0.1, 0.15) is 5.82 Å². The minimum atomic E-state index is -3.66. The molecule has 2 amide bonds. The molecule has 2 aromatic rings. The lowest BCUT2D eigenvalue weighted by molar-refractivity contribution is 0.252. The van der Waals surface area contributed by atoms with Crippen LogP contribution in [-0.2, 0) is 16.3 Å². The fourth-order valence-corrected chi connectivity index (χ4v) is 3.46. The van der Waals surface area contributed by atoms with Crippen LogP contribution in [0.5, 0.6) is 0 Å². The fraction of sp³-hybridized carbons (Fsp3) is 0.235. The number of hydrogen-bond acceptors (Lipinski definition) is 3. The van der Waals surface area contributed by atoms with E-state index in [0.717, 1.165) is 17.7 Å². The topological polar surface area (TPSA) is 75.3 Å². The molecule has 0 saturated carbocycles. The van der Waals surface area contributed by atoms with E-state index in [0.29, 0.717) is 18.0 Å². The molecule has 0 aromatic heterocycles. The quantitative estimate of drug-likeness (QED) is 0.798. The summed E-state index contributed by atoms with van der Waals surface area (Å²) in [6, 6.07) is 9.92. The lowest BCUT2D eigenvalue weighted by Gasteiger charge is -2.12. The van der Waals surface area contributed by atoms with E-state index >= 15 is 0 Å². The molecule has 0 aliphatic carbocycles. The van der Waals surface area contributed by atoms with Gasteiger partial charge in [-0.05, 0) is 42.3 Å². The van der Waals surface area contributed by atoms with Crippen molar-refractivity contribution in [1.82, 2.24) is 5.32 Å². The molecule has 2 rings (SSSR count). The van der Waals surface area contributed by atoms with Gasteiger partial charge in [0.15, 0.2) is 9.84 Å². The van der Waals surface area contributed by atoms with Crippen molar-refractivity contribution in [3.8, 4) is 0 Å². The third-order valence-electron chi connectivity index (χ3n) is 3.50. The molecule has 0 heterocycles. The molecule has 0 aliphatic rings. The average molecular weight is 385 g/mol. The molecule has 0 radical (unpaired) electrons. The Bertz CT molecular complexity index is 872. The highest BCUT2D eigenvalue weighted by molar-refractivity contribution is 7.91. The van der Waals surface area contributed by atoms with E-state index in [4.69, 9.17) is 11.6 Å². The molecule has 25 heavy (non-hydrogen) atoms. The van der Waals surface area contributed by atoms with Gasteiger partial charge in [-0.3, -0.25) is 0 Å². The normalized spacial score (nSPS) is 11.2. The summed E-state index contributed by atoms with van der Waals surface area (Å²) in [7, 11) is -3.66. The Kier molecular flexibility index (Phi) is 6.39. The number of nitrogens with one attached hydrogen (secondary N) is 2. The molecule has 0 saturated heterocycles. The Morgan fingerprint density at radius 3 is 2.64 bits per heavy atom. The Morgan fingerprint density at radius 2 is 1.96 bits per heavy atom. The van der Waals surface area contributed by atoms with E-state index in [1.165, 1.54) is 13.0 Å². The van der Waals surface area contributed by atoms with E-state index in [9.17, 15) is 17.6 Å². The fourth-order valence-electron chi connectivity index (χ4n) is 2.19. The van der Waals surface area contributed by atoms with Crippen LogP contribution >= 0.6 is 11.6 Å². The van der Waals surface area contributed by atoms with Gasteiger partial charge in [-0.25, -0.2) is 17.6 Å². The second kappa shape index (κ2) is 8.31. The first kappa shape index (κ1) is 19.2. The molecule has 0 aliphatic heterocycles. The smallest absolute Gasteiger partial charge is 0.319 e. The van der Waals surface area contributed by atoms with Crippen molar-refractivity contribution in [2.45, 2.75) is 18.2 Å². The maximum atomic E-state index is 13.4. The number of urea groups is 1. The number of amides is 2. The van der Waals surface area contributed by atoms with Crippen molar-refractivity contribution in [2.24, 2.45) is 0 Å². The van der Waals surface area contributed by atoms with E-state index < -0.39 is 21.7 Å². The number of carbonyl (C=O) groups excluding carboxylic acids is 1. The summed E-state index contributed by atoms with van der Waals surface area (Å²) in [5.74, 6) is -0.874. The summed E-state index contributed by atoms with van der Waals surface area (Å²) in [6.07, 6.45) is 0.567. The molecule has 0 spiro atoms. The first-order valence-corrected chi connectivity index (χ1v) is 9.66. The molecular weight excluding hydrogens is 367 g/mol. The van der Waals surface area contributed by atoms with Crippen LogP contribution in [0.25, 0.3) is 0 Å². The maximum absolute atomic E-state index is 13.4. The van der Waals surface area contributed by atoms with Crippen LogP contribution in [0.1, 0.15) is 12.5 Å². The zero-order chi connectivity index (χ0) is 18.4. The SMILES string of the molecule is CCS(=O)(=O)c1cc(F)ccc1NC(=O)NCCc1cccc(Cl)c1. The van der Waals surface area contributed by atoms with Gasteiger partial charge in [-0.2, -0.15) is 0 Å². The first-order chi connectivity index (χ1) is 11.8. The van der Waals surface area contributed by atoms with Gasteiger partial charge in [-0.1, -0.05) is 30.7 Å². The zero-order valence-electron chi connectivity index (χ0n) is 13.6. The predicted molar refractivity (Wildman–Crippen MR) is 96.3 cm³/mol. The van der Waals surface area contributed by atoms with Crippen LogP contribution in [-0.4, -0.2) is 26.7 Å². The summed E-state index contributed by atoms with van der Waals surface area (Å²) >= 11 is 5.89. The van der Waals surface area contributed by atoms with Gasteiger partial charge >= 0.3 is 6.03 Å². The third kappa shape index (κ3) is 5.44. The third-order valence-corrected chi connectivity index (χ3v) is 5.50. The minimum Gasteiger partial charge on any atom is -0.338 e. The minimum absolute atomic E-state index is 0.0449. The van der Waals surface area contributed by atoms with E-state index in [1.807, 2.05) is 12.1 Å². The molecule has 2 N–H and O–H groups in total. The average Bonchev–Trinajstić information content (AvgIpc) is 2.56. The molecule has 5 nitrogen and oxygen atoms in total. The van der Waals surface area contributed by atoms with Gasteiger partial charge < -0.3 is 10.6 Å². The summed E-state index contributed by atoms with van der Waals surface area (Å²) in [5.41, 5.74) is 1.01. The lowest BCUT2D eigenvalue weighted by Crippen LogP contribution is -2.31. The molecule has 2 aromatic carbocycles. The van der Waals surface area contributed by atoms with Gasteiger partial charge in [0.05, 0.1) is 16.3 Å². The highest BCUT2D eigenvalue weighted by Gasteiger charge is 2.19. The van der Waals surface area contributed by atoms with Crippen molar-refractivity contribution in [3.05, 3.63) is 58.9 Å². The second-order valence-corrected chi connectivity index (χ2v) is 7.99. The zero-order valence-corrected chi connectivity index (χ0v) is 15.1. The summed E-state index contributed by atoms with van der Waals surface area (Å²) < 4.78 is 37.4. The highest BCUT2D eigenvalue weighted by atomic mass is 35.5. The van der Waals surface area contributed by atoms with Crippen molar-refractivity contribution >= 4 is 33.2 Å². The summed E-state index contributed by atoms with van der Waals surface area (Å²) in [5, 5.41) is 5.70. The van der Waals surface area contributed by atoms with E-state index in [-0.39, 0.29) is 16.3 Å². The van der Waals surface area contributed by atoms with Gasteiger partial charge in [-0.15, -0.1) is 0 Å².